The number of carbonyl (C=O) groups is 1. The van der Waals surface area contributed by atoms with Gasteiger partial charge in [-0.2, -0.15) is 5.10 Å². The van der Waals surface area contributed by atoms with Gasteiger partial charge in [0.25, 0.3) is 5.91 Å². The van der Waals surface area contributed by atoms with Crippen LogP contribution in [0.1, 0.15) is 35.8 Å². The highest BCUT2D eigenvalue weighted by Crippen LogP contribution is 2.33. The van der Waals surface area contributed by atoms with Crippen molar-refractivity contribution in [3.8, 4) is 23.0 Å². The zero-order valence-electron chi connectivity index (χ0n) is 17.3. The largest absolute Gasteiger partial charge is 0.486 e. The molecule has 8 nitrogen and oxygen atoms in total. The average Bonchev–Trinajstić information content (AvgIpc) is 3.46. The van der Waals surface area contributed by atoms with Crippen molar-refractivity contribution in [3.63, 3.8) is 0 Å². The molecular weight excluding hydrogens is 396 g/mol. The van der Waals surface area contributed by atoms with Gasteiger partial charge in [-0.15, -0.1) is 0 Å². The first-order valence-electron chi connectivity index (χ1n) is 10.2. The summed E-state index contributed by atoms with van der Waals surface area (Å²) >= 11 is 0. The maximum atomic E-state index is 13.2. The van der Waals surface area contributed by atoms with Crippen LogP contribution < -0.4 is 14.8 Å². The number of ether oxygens (including phenoxy) is 2. The van der Waals surface area contributed by atoms with Crippen molar-refractivity contribution in [2.24, 2.45) is 0 Å². The van der Waals surface area contributed by atoms with Crippen LogP contribution in [-0.2, 0) is 6.54 Å². The van der Waals surface area contributed by atoms with Crippen LogP contribution in [-0.4, -0.2) is 33.9 Å². The fourth-order valence-electron chi connectivity index (χ4n) is 3.68. The monoisotopic (exact) mass is 418 g/mol. The molecule has 5 rings (SSSR count). The van der Waals surface area contributed by atoms with E-state index in [0.717, 1.165) is 5.56 Å². The molecule has 158 valence electrons. The second-order valence-corrected chi connectivity index (χ2v) is 7.58. The van der Waals surface area contributed by atoms with Crippen molar-refractivity contribution < 1.29 is 18.7 Å². The van der Waals surface area contributed by atoms with Crippen LogP contribution in [0.5, 0.6) is 11.5 Å². The molecule has 0 radical (unpaired) electrons. The standard InChI is InChI=1S/C23H22N4O4/c1-14(2)27-22-17(13-25-27)16(11-18(26-22)19-7-4-8-29-19)23(28)24-12-15-5-3-6-20-21(15)31-10-9-30-20/h3-8,11,13-14H,9-10,12H2,1-2H3,(H,24,28). The molecule has 0 unspecified atom stereocenters. The van der Waals surface area contributed by atoms with E-state index in [4.69, 9.17) is 18.9 Å². The van der Waals surface area contributed by atoms with Crippen molar-refractivity contribution in [3.05, 3.63) is 60.0 Å². The lowest BCUT2D eigenvalue weighted by Gasteiger charge is -2.21. The van der Waals surface area contributed by atoms with Gasteiger partial charge in [-0.1, -0.05) is 12.1 Å². The molecule has 1 aliphatic heterocycles. The molecule has 0 saturated carbocycles. The third-order valence-electron chi connectivity index (χ3n) is 5.16. The Labute approximate surface area is 178 Å². The van der Waals surface area contributed by atoms with E-state index in [0.29, 0.717) is 59.3 Å². The van der Waals surface area contributed by atoms with E-state index >= 15 is 0 Å². The Bertz CT molecular complexity index is 1240. The van der Waals surface area contributed by atoms with E-state index in [-0.39, 0.29) is 11.9 Å². The summed E-state index contributed by atoms with van der Waals surface area (Å²) in [7, 11) is 0. The van der Waals surface area contributed by atoms with E-state index in [1.165, 1.54) is 0 Å². The molecule has 0 atom stereocenters. The highest BCUT2D eigenvalue weighted by Gasteiger charge is 2.21. The van der Waals surface area contributed by atoms with Crippen LogP contribution >= 0.6 is 0 Å². The van der Waals surface area contributed by atoms with Crippen molar-refractivity contribution in [2.45, 2.75) is 26.4 Å². The normalized spacial score (nSPS) is 13.0. The number of hydrogen-bond acceptors (Lipinski definition) is 6. The molecule has 0 spiro atoms. The van der Waals surface area contributed by atoms with Crippen LogP contribution in [0.3, 0.4) is 0 Å². The molecule has 0 fully saturated rings. The molecule has 4 aromatic rings. The molecule has 0 bridgehead atoms. The molecule has 1 aliphatic rings. The molecule has 4 heterocycles. The van der Waals surface area contributed by atoms with Crippen LogP contribution in [0, 0.1) is 0 Å². The molecule has 8 heteroatoms. The molecule has 1 aromatic carbocycles. The summed E-state index contributed by atoms with van der Waals surface area (Å²) in [5.41, 5.74) is 2.58. The summed E-state index contributed by atoms with van der Waals surface area (Å²) in [6, 6.07) is 11.1. The first kappa shape index (κ1) is 19.2. The fraction of sp³-hybridized carbons (Fsp3) is 0.261. The van der Waals surface area contributed by atoms with Gasteiger partial charge >= 0.3 is 0 Å². The van der Waals surface area contributed by atoms with Gasteiger partial charge < -0.3 is 19.2 Å². The number of nitrogens with zero attached hydrogens (tertiary/aromatic N) is 3. The zero-order chi connectivity index (χ0) is 21.4. The lowest BCUT2D eigenvalue weighted by Crippen LogP contribution is -2.24. The number of fused-ring (bicyclic) bond motifs is 2. The number of para-hydroxylation sites is 1. The second-order valence-electron chi connectivity index (χ2n) is 7.58. The van der Waals surface area contributed by atoms with Crippen molar-refractivity contribution in [1.82, 2.24) is 20.1 Å². The van der Waals surface area contributed by atoms with Gasteiger partial charge in [0.05, 0.1) is 23.4 Å². The quantitative estimate of drug-likeness (QED) is 0.527. The number of aromatic nitrogens is 3. The van der Waals surface area contributed by atoms with E-state index in [9.17, 15) is 4.79 Å². The van der Waals surface area contributed by atoms with Gasteiger partial charge in [0.2, 0.25) is 0 Å². The third-order valence-corrected chi connectivity index (χ3v) is 5.16. The molecule has 31 heavy (non-hydrogen) atoms. The number of furan rings is 1. The number of nitrogens with one attached hydrogen (secondary N) is 1. The summed E-state index contributed by atoms with van der Waals surface area (Å²) < 4.78 is 18.7. The first-order valence-corrected chi connectivity index (χ1v) is 10.2. The minimum Gasteiger partial charge on any atom is -0.486 e. The number of rotatable bonds is 5. The Balaban J connectivity index is 1.50. The number of carbonyl (C=O) groups excluding carboxylic acids is 1. The average molecular weight is 418 g/mol. The number of benzene rings is 1. The SMILES string of the molecule is CC(C)n1ncc2c(C(=O)NCc3cccc4c3OCCO4)cc(-c3ccco3)nc21. The minimum atomic E-state index is -0.224. The van der Waals surface area contributed by atoms with Crippen LogP contribution in [0.15, 0.2) is 53.3 Å². The highest BCUT2D eigenvalue weighted by molar-refractivity contribution is 6.06. The first-order chi connectivity index (χ1) is 15.1. The topological polar surface area (TPSA) is 91.4 Å². The predicted octanol–water partition coefficient (Wildman–Crippen LogP) is 3.97. The predicted molar refractivity (Wildman–Crippen MR) is 114 cm³/mol. The third kappa shape index (κ3) is 3.50. The molecule has 0 saturated heterocycles. The lowest BCUT2D eigenvalue weighted by atomic mass is 10.1. The molecule has 3 aromatic heterocycles. The number of hydrogen-bond donors (Lipinski definition) is 1. The zero-order valence-corrected chi connectivity index (χ0v) is 17.3. The van der Waals surface area contributed by atoms with Crippen LogP contribution in [0.4, 0.5) is 0 Å². The lowest BCUT2D eigenvalue weighted by molar-refractivity contribution is 0.0951. The Morgan fingerprint density at radius 1 is 1.19 bits per heavy atom. The van der Waals surface area contributed by atoms with Crippen LogP contribution in [0.25, 0.3) is 22.5 Å². The van der Waals surface area contributed by atoms with E-state index in [1.54, 1.807) is 29.3 Å². The van der Waals surface area contributed by atoms with Gasteiger partial charge in [0.1, 0.15) is 18.9 Å². The Morgan fingerprint density at radius 2 is 2.06 bits per heavy atom. The fourth-order valence-corrected chi connectivity index (χ4v) is 3.68. The smallest absolute Gasteiger partial charge is 0.252 e. The number of amides is 1. The summed E-state index contributed by atoms with van der Waals surface area (Å²) in [6.45, 7) is 5.36. The summed E-state index contributed by atoms with van der Waals surface area (Å²) in [4.78, 5) is 17.9. The maximum Gasteiger partial charge on any atom is 0.252 e. The minimum absolute atomic E-state index is 0.0979. The van der Waals surface area contributed by atoms with E-state index in [2.05, 4.69) is 10.4 Å². The van der Waals surface area contributed by atoms with Gasteiger partial charge in [-0.25, -0.2) is 9.67 Å². The Morgan fingerprint density at radius 3 is 2.87 bits per heavy atom. The molecule has 0 aliphatic carbocycles. The molecular formula is C23H22N4O4. The summed E-state index contributed by atoms with van der Waals surface area (Å²) in [5.74, 6) is 1.74. The van der Waals surface area contributed by atoms with Gasteiger partial charge in [-0.3, -0.25) is 4.79 Å². The van der Waals surface area contributed by atoms with Gasteiger partial charge in [-0.05, 0) is 38.1 Å². The van der Waals surface area contributed by atoms with E-state index in [1.807, 2.05) is 38.1 Å². The Hall–Kier alpha value is -3.81. The van der Waals surface area contributed by atoms with Gasteiger partial charge in [0.15, 0.2) is 22.9 Å². The molecule has 1 N–H and O–H groups in total. The summed E-state index contributed by atoms with van der Waals surface area (Å²) in [6.07, 6.45) is 3.27. The van der Waals surface area contributed by atoms with Crippen molar-refractivity contribution >= 4 is 16.9 Å². The van der Waals surface area contributed by atoms with Gasteiger partial charge in [0, 0.05) is 18.2 Å². The highest BCUT2D eigenvalue weighted by atomic mass is 16.6. The maximum absolute atomic E-state index is 13.2. The van der Waals surface area contributed by atoms with Crippen LogP contribution in [0.2, 0.25) is 0 Å². The van der Waals surface area contributed by atoms with E-state index < -0.39 is 0 Å². The van der Waals surface area contributed by atoms with Crippen molar-refractivity contribution in [1.29, 1.82) is 0 Å². The Kier molecular flexibility index (Phi) is 4.82. The molecule has 1 amide bonds. The van der Waals surface area contributed by atoms with Crippen molar-refractivity contribution in [2.75, 3.05) is 13.2 Å². The number of pyridine rings is 1. The second kappa shape index (κ2) is 7.79. The summed E-state index contributed by atoms with van der Waals surface area (Å²) in [5, 5.41) is 8.13.